The Labute approximate surface area is 181 Å². The molecule has 9 heteroatoms. The van der Waals surface area contributed by atoms with Crippen LogP contribution in [0.4, 0.5) is 11.4 Å². The van der Waals surface area contributed by atoms with E-state index in [0.29, 0.717) is 11.1 Å². The van der Waals surface area contributed by atoms with E-state index in [-0.39, 0.29) is 39.8 Å². The smallest absolute Gasteiger partial charge is 0.335 e. The van der Waals surface area contributed by atoms with E-state index in [1.165, 1.54) is 36.7 Å². The molecule has 0 fully saturated rings. The van der Waals surface area contributed by atoms with Crippen LogP contribution in [0, 0.1) is 6.92 Å². The number of hydrogen-bond acceptors (Lipinski definition) is 7. The molecule has 0 atom stereocenters. The Kier molecular flexibility index (Phi) is 6.20. The fourth-order valence-electron chi connectivity index (χ4n) is 2.84. The topological polar surface area (TPSA) is 160 Å². The van der Waals surface area contributed by atoms with Gasteiger partial charge in [0.2, 0.25) is 0 Å². The molecule has 0 aliphatic rings. The Balaban J connectivity index is 1.91. The maximum absolute atomic E-state index is 11.0. The first-order valence-electron chi connectivity index (χ1n) is 9.20. The number of hydrogen-bond donors (Lipinski definition) is 5. The maximum atomic E-state index is 11.0. The molecule has 0 amide bonds. The molecule has 0 aromatic heterocycles. The van der Waals surface area contributed by atoms with E-state index >= 15 is 0 Å². The van der Waals surface area contributed by atoms with Crippen molar-refractivity contribution in [2.24, 2.45) is 9.98 Å². The van der Waals surface area contributed by atoms with Crippen molar-refractivity contribution in [3.05, 3.63) is 76.3 Å². The predicted octanol–water partition coefficient (Wildman–Crippen LogP) is 4.01. The average Bonchev–Trinajstić information content (AvgIpc) is 2.74. The first-order chi connectivity index (χ1) is 15.2. The number of aromatic hydroxyl groups is 3. The van der Waals surface area contributed by atoms with Crippen LogP contribution in [0.25, 0.3) is 0 Å². The molecule has 3 aromatic carbocycles. The van der Waals surface area contributed by atoms with Gasteiger partial charge in [0.25, 0.3) is 0 Å². The number of aryl methyl sites for hydroxylation is 1. The Morgan fingerprint density at radius 2 is 1.12 bits per heavy atom. The highest BCUT2D eigenvalue weighted by Gasteiger charge is 2.10. The normalized spacial score (nSPS) is 11.3. The number of phenolic OH excluding ortho intramolecular Hbond substituents is 3. The SMILES string of the molecule is Cc1cc(C=Nc2ccc(C(=O)O)cc2O)c(O)c(C=Nc2ccc(C(=O)O)cc2O)c1. The van der Waals surface area contributed by atoms with Gasteiger partial charge < -0.3 is 25.5 Å². The van der Waals surface area contributed by atoms with E-state index < -0.39 is 11.9 Å². The molecule has 32 heavy (non-hydrogen) atoms. The Hall–Kier alpha value is -4.66. The average molecular weight is 434 g/mol. The summed E-state index contributed by atoms with van der Waals surface area (Å²) in [5.74, 6) is -3.17. The summed E-state index contributed by atoms with van der Waals surface area (Å²) in [6.07, 6.45) is 2.63. The summed E-state index contributed by atoms with van der Waals surface area (Å²) in [5.41, 5.74) is 1.47. The van der Waals surface area contributed by atoms with E-state index in [4.69, 9.17) is 10.2 Å². The van der Waals surface area contributed by atoms with Gasteiger partial charge in [-0.25, -0.2) is 9.59 Å². The van der Waals surface area contributed by atoms with E-state index in [0.717, 1.165) is 17.7 Å². The summed E-state index contributed by atoms with van der Waals surface area (Å²) in [6, 6.07) is 10.7. The summed E-state index contributed by atoms with van der Waals surface area (Å²) in [5, 5.41) is 48.4. The molecule has 3 rings (SSSR count). The van der Waals surface area contributed by atoms with Crippen LogP contribution >= 0.6 is 0 Å². The molecule has 0 spiro atoms. The van der Waals surface area contributed by atoms with Gasteiger partial charge in [-0.3, -0.25) is 9.98 Å². The third kappa shape index (κ3) is 4.90. The minimum Gasteiger partial charge on any atom is -0.507 e. The van der Waals surface area contributed by atoms with Crippen molar-refractivity contribution in [3.8, 4) is 17.2 Å². The van der Waals surface area contributed by atoms with Gasteiger partial charge >= 0.3 is 11.9 Å². The standard InChI is InChI=1S/C23H18N2O7/c1-12-6-15(10-24-17-4-2-13(22(29)30)8-19(17)26)21(28)16(7-12)11-25-18-5-3-14(23(31)32)9-20(18)27/h2-11,26-28H,1H3,(H,29,30)(H,31,32). The van der Waals surface area contributed by atoms with E-state index in [1.54, 1.807) is 19.1 Å². The molecule has 0 unspecified atom stereocenters. The summed E-state index contributed by atoms with van der Waals surface area (Å²) in [6.45, 7) is 1.78. The van der Waals surface area contributed by atoms with Gasteiger partial charge in [-0.1, -0.05) is 0 Å². The quantitative estimate of drug-likeness (QED) is 0.366. The second-order valence-electron chi connectivity index (χ2n) is 6.83. The molecule has 0 bridgehead atoms. The number of carboxylic acids is 2. The number of rotatable bonds is 6. The van der Waals surface area contributed by atoms with Crippen LogP contribution in [0.3, 0.4) is 0 Å². The van der Waals surface area contributed by atoms with Crippen molar-refractivity contribution in [2.75, 3.05) is 0 Å². The van der Waals surface area contributed by atoms with Gasteiger partial charge in [0.05, 0.1) is 11.1 Å². The molecule has 5 N–H and O–H groups in total. The van der Waals surface area contributed by atoms with Crippen LogP contribution in [-0.2, 0) is 0 Å². The van der Waals surface area contributed by atoms with Gasteiger partial charge in [-0.05, 0) is 61.0 Å². The largest absolute Gasteiger partial charge is 0.507 e. The molecule has 9 nitrogen and oxygen atoms in total. The lowest BCUT2D eigenvalue weighted by Gasteiger charge is -2.06. The molecule has 0 heterocycles. The summed E-state index contributed by atoms with van der Waals surface area (Å²) >= 11 is 0. The zero-order chi connectivity index (χ0) is 23.4. The first-order valence-corrected chi connectivity index (χ1v) is 9.20. The molecule has 0 radical (unpaired) electrons. The molecule has 0 saturated carbocycles. The van der Waals surface area contributed by atoms with Gasteiger partial charge in [-0.15, -0.1) is 0 Å². The highest BCUT2D eigenvalue weighted by molar-refractivity contribution is 5.95. The van der Waals surface area contributed by atoms with E-state index in [9.17, 15) is 24.9 Å². The lowest BCUT2D eigenvalue weighted by atomic mass is 10.1. The van der Waals surface area contributed by atoms with Crippen LogP contribution in [-0.4, -0.2) is 49.9 Å². The Morgan fingerprint density at radius 1 is 0.719 bits per heavy atom. The fourth-order valence-corrected chi connectivity index (χ4v) is 2.84. The summed E-state index contributed by atoms with van der Waals surface area (Å²) in [4.78, 5) is 30.1. The number of nitrogens with zero attached hydrogens (tertiary/aromatic N) is 2. The molecular formula is C23H18N2O7. The molecule has 0 saturated heterocycles. The van der Waals surface area contributed by atoms with Crippen LogP contribution < -0.4 is 0 Å². The highest BCUT2D eigenvalue weighted by atomic mass is 16.4. The second kappa shape index (κ2) is 9.00. The molecule has 0 aliphatic heterocycles. The molecular weight excluding hydrogens is 416 g/mol. The Bertz CT molecular complexity index is 1180. The zero-order valence-corrected chi connectivity index (χ0v) is 16.7. The minimum absolute atomic E-state index is 0.0852. The Morgan fingerprint density at radius 3 is 1.47 bits per heavy atom. The van der Waals surface area contributed by atoms with Crippen molar-refractivity contribution in [2.45, 2.75) is 6.92 Å². The number of phenols is 3. The van der Waals surface area contributed by atoms with Crippen LogP contribution in [0.15, 0.2) is 58.5 Å². The molecule has 3 aromatic rings. The van der Waals surface area contributed by atoms with Gasteiger partial charge in [-0.2, -0.15) is 0 Å². The lowest BCUT2D eigenvalue weighted by Crippen LogP contribution is -1.95. The fraction of sp³-hybridized carbons (Fsp3) is 0.0435. The maximum Gasteiger partial charge on any atom is 0.335 e. The van der Waals surface area contributed by atoms with Crippen LogP contribution in [0.1, 0.15) is 37.4 Å². The van der Waals surface area contributed by atoms with Gasteiger partial charge in [0, 0.05) is 23.6 Å². The lowest BCUT2D eigenvalue weighted by molar-refractivity contribution is 0.0686. The minimum atomic E-state index is -1.18. The van der Waals surface area contributed by atoms with Gasteiger partial charge in [0.15, 0.2) is 0 Å². The van der Waals surface area contributed by atoms with Crippen molar-refractivity contribution in [1.29, 1.82) is 0 Å². The monoisotopic (exact) mass is 434 g/mol. The number of carbonyl (C=O) groups is 2. The zero-order valence-electron chi connectivity index (χ0n) is 16.7. The van der Waals surface area contributed by atoms with Crippen molar-refractivity contribution in [3.63, 3.8) is 0 Å². The number of carboxylic acid groups (broad SMARTS) is 2. The van der Waals surface area contributed by atoms with Crippen LogP contribution in [0.2, 0.25) is 0 Å². The number of aliphatic imine (C=N–C) groups is 2. The van der Waals surface area contributed by atoms with Crippen LogP contribution in [0.5, 0.6) is 17.2 Å². The summed E-state index contributed by atoms with van der Waals surface area (Å²) in [7, 11) is 0. The third-order valence-electron chi connectivity index (χ3n) is 4.44. The highest BCUT2D eigenvalue weighted by Crippen LogP contribution is 2.30. The first kappa shape index (κ1) is 22.0. The molecule has 162 valence electrons. The van der Waals surface area contributed by atoms with Crippen molar-refractivity contribution >= 4 is 35.7 Å². The van der Waals surface area contributed by atoms with E-state index in [2.05, 4.69) is 9.98 Å². The summed E-state index contributed by atoms with van der Waals surface area (Å²) < 4.78 is 0. The number of aromatic carboxylic acids is 2. The van der Waals surface area contributed by atoms with Gasteiger partial charge in [0.1, 0.15) is 28.6 Å². The number of benzene rings is 3. The predicted molar refractivity (Wildman–Crippen MR) is 117 cm³/mol. The third-order valence-corrected chi connectivity index (χ3v) is 4.44. The second-order valence-corrected chi connectivity index (χ2v) is 6.83. The van der Waals surface area contributed by atoms with Crippen molar-refractivity contribution in [1.82, 2.24) is 0 Å². The van der Waals surface area contributed by atoms with E-state index in [1.807, 2.05) is 0 Å². The van der Waals surface area contributed by atoms with Crippen molar-refractivity contribution < 1.29 is 35.1 Å². The molecule has 0 aliphatic carbocycles.